The van der Waals surface area contributed by atoms with Crippen LogP contribution in [0.3, 0.4) is 0 Å². The van der Waals surface area contributed by atoms with Crippen molar-refractivity contribution < 1.29 is 33.3 Å². The second-order valence-corrected chi connectivity index (χ2v) is 6.30. The van der Waals surface area contributed by atoms with E-state index in [0.29, 0.717) is 5.56 Å². The zero-order chi connectivity index (χ0) is 18.5. The van der Waals surface area contributed by atoms with Crippen LogP contribution in [0.1, 0.15) is 26.3 Å². The Labute approximate surface area is 138 Å². The SMILES string of the molecule is CC(C)(C)OC(=O)NC(Cc1ccccc1)[C@@H](O)C(F)(F)C(=O)[O-]. The van der Waals surface area contributed by atoms with Gasteiger partial charge in [0.25, 0.3) is 0 Å². The van der Waals surface area contributed by atoms with Gasteiger partial charge < -0.3 is 25.1 Å². The molecule has 2 atom stereocenters. The summed E-state index contributed by atoms with van der Waals surface area (Å²) in [7, 11) is 0. The zero-order valence-electron chi connectivity index (χ0n) is 13.6. The van der Waals surface area contributed by atoms with E-state index in [9.17, 15) is 28.6 Å². The van der Waals surface area contributed by atoms with Crippen LogP contribution in [-0.4, -0.2) is 40.8 Å². The average Bonchev–Trinajstić information content (AvgIpc) is 2.44. The number of nitrogens with one attached hydrogen (secondary N) is 1. The number of carbonyl (C=O) groups is 2. The van der Waals surface area contributed by atoms with Gasteiger partial charge in [0.05, 0.1) is 6.04 Å². The van der Waals surface area contributed by atoms with Crippen molar-refractivity contribution in [2.45, 2.75) is 50.9 Å². The molecule has 0 fully saturated rings. The quantitative estimate of drug-likeness (QED) is 0.798. The van der Waals surface area contributed by atoms with Gasteiger partial charge in [-0.1, -0.05) is 30.3 Å². The average molecular weight is 344 g/mol. The number of alkyl carbamates (subject to hydrolysis) is 1. The summed E-state index contributed by atoms with van der Waals surface area (Å²) in [6.45, 7) is 4.72. The molecule has 6 nitrogen and oxygen atoms in total. The molecule has 1 unspecified atom stereocenters. The minimum Gasteiger partial charge on any atom is -0.544 e. The van der Waals surface area contributed by atoms with Gasteiger partial charge >= 0.3 is 12.0 Å². The monoisotopic (exact) mass is 344 g/mol. The molecule has 1 amide bonds. The van der Waals surface area contributed by atoms with Gasteiger partial charge in [-0.2, -0.15) is 8.78 Å². The lowest BCUT2D eigenvalue weighted by Gasteiger charge is -2.31. The molecule has 0 heterocycles. The Bertz CT molecular complexity index is 572. The van der Waals surface area contributed by atoms with Crippen molar-refractivity contribution in [3.8, 4) is 0 Å². The van der Waals surface area contributed by atoms with Gasteiger partial charge in [0.2, 0.25) is 0 Å². The van der Waals surface area contributed by atoms with Crippen molar-refractivity contribution in [3.63, 3.8) is 0 Å². The smallest absolute Gasteiger partial charge is 0.407 e. The predicted octanol–water partition coefficient (Wildman–Crippen LogP) is 0.868. The molecule has 8 heteroatoms. The fraction of sp³-hybridized carbons (Fsp3) is 0.500. The summed E-state index contributed by atoms with van der Waals surface area (Å²) >= 11 is 0. The number of rotatable bonds is 6. The fourth-order valence-electron chi connectivity index (χ4n) is 1.94. The van der Waals surface area contributed by atoms with E-state index in [4.69, 9.17) is 4.74 Å². The Hall–Kier alpha value is -2.22. The largest absolute Gasteiger partial charge is 0.544 e. The molecule has 0 spiro atoms. The second kappa shape index (κ2) is 7.57. The van der Waals surface area contributed by atoms with Crippen LogP contribution in [0.4, 0.5) is 13.6 Å². The number of ether oxygens (including phenoxy) is 1. The number of amides is 1. The predicted molar refractivity (Wildman–Crippen MR) is 79.3 cm³/mol. The normalized spacial score (nSPS) is 14.6. The molecule has 0 saturated heterocycles. The number of alkyl halides is 2. The maximum Gasteiger partial charge on any atom is 0.407 e. The van der Waals surface area contributed by atoms with Crippen LogP contribution in [0.5, 0.6) is 0 Å². The van der Waals surface area contributed by atoms with Gasteiger partial charge in [-0.15, -0.1) is 0 Å². The molecular weight excluding hydrogens is 324 g/mol. The van der Waals surface area contributed by atoms with Gasteiger partial charge in [0.15, 0.2) is 0 Å². The van der Waals surface area contributed by atoms with E-state index in [0.717, 1.165) is 0 Å². The highest BCUT2D eigenvalue weighted by molar-refractivity contribution is 5.74. The molecule has 24 heavy (non-hydrogen) atoms. The number of aliphatic hydroxyl groups is 1. The number of carboxylic acids is 1. The van der Waals surface area contributed by atoms with Crippen molar-refractivity contribution in [2.75, 3.05) is 0 Å². The lowest BCUT2D eigenvalue weighted by molar-refractivity contribution is -0.336. The number of hydrogen-bond acceptors (Lipinski definition) is 5. The number of carbonyl (C=O) groups excluding carboxylic acids is 2. The van der Waals surface area contributed by atoms with Crippen LogP contribution >= 0.6 is 0 Å². The van der Waals surface area contributed by atoms with Gasteiger partial charge in [-0.3, -0.25) is 0 Å². The van der Waals surface area contributed by atoms with E-state index in [-0.39, 0.29) is 6.42 Å². The van der Waals surface area contributed by atoms with Crippen molar-refractivity contribution in [1.82, 2.24) is 5.32 Å². The van der Waals surface area contributed by atoms with Crippen LogP contribution < -0.4 is 10.4 Å². The first-order valence-electron chi connectivity index (χ1n) is 7.24. The molecule has 0 bridgehead atoms. The van der Waals surface area contributed by atoms with Crippen LogP contribution in [0.2, 0.25) is 0 Å². The Morgan fingerprint density at radius 1 is 1.25 bits per heavy atom. The summed E-state index contributed by atoms with van der Waals surface area (Å²) in [4.78, 5) is 22.4. The molecule has 0 aliphatic rings. The Morgan fingerprint density at radius 3 is 2.25 bits per heavy atom. The minimum absolute atomic E-state index is 0.218. The number of carboxylic acid groups (broad SMARTS) is 1. The van der Waals surface area contributed by atoms with E-state index in [2.05, 4.69) is 5.32 Å². The van der Waals surface area contributed by atoms with Crippen molar-refractivity contribution in [3.05, 3.63) is 35.9 Å². The zero-order valence-corrected chi connectivity index (χ0v) is 13.6. The van der Waals surface area contributed by atoms with Crippen molar-refractivity contribution in [2.24, 2.45) is 0 Å². The lowest BCUT2D eigenvalue weighted by atomic mass is 9.97. The van der Waals surface area contributed by atoms with Crippen LogP contribution in [0.25, 0.3) is 0 Å². The maximum absolute atomic E-state index is 13.6. The van der Waals surface area contributed by atoms with E-state index in [1.54, 1.807) is 51.1 Å². The Balaban J connectivity index is 2.99. The van der Waals surface area contributed by atoms with Gasteiger partial charge in [0.1, 0.15) is 17.7 Å². The number of benzene rings is 1. The number of aliphatic hydroxyl groups excluding tert-OH is 1. The fourth-order valence-corrected chi connectivity index (χ4v) is 1.94. The van der Waals surface area contributed by atoms with Gasteiger partial charge in [-0.05, 0) is 32.8 Å². The standard InChI is InChI=1S/C16H21F2NO5/c1-15(2,3)24-14(23)19-11(9-10-7-5-4-6-8-10)12(20)16(17,18)13(21)22/h4-8,11-12,20H,9H2,1-3H3,(H,19,23)(H,21,22)/p-1/t11?,12-/m1/s1. The summed E-state index contributed by atoms with van der Waals surface area (Å²) in [5, 5.41) is 22.4. The Morgan fingerprint density at radius 2 is 1.79 bits per heavy atom. The maximum atomic E-state index is 13.6. The second-order valence-electron chi connectivity index (χ2n) is 6.30. The number of hydrogen-bond donors (Lipinski definition) is 2. The molecule has 1 aromatic rings. The van der Waals surface area contributed by atoms with Crippen LogP contribution in [0, 0.1) is 0 Å². The highest BCUT2D eigenvalue weighted by Crippen LogP contribution is 2.23. The first kappa shape index (κ1) is 19.8. The third-order valence-corrected chi connectivity index (χ3v) is 3.03. The molecule has 0 aromatic heterocycles. The number of halogens is 2. The van der Waals surface area contributed by atoms with E-state index in [1.165, 1.54) is 0 Å². The summed E-state index contributed by atoms with van der Waals surface area (Å²) < 4.78 is 32.1. The summed E-state index contributed by atoms with van der Waals surface area (Å²) in [6.07, 6.45) is -3.95. The number of aliphatic carboxylic acids is 1. The highest BCUT2D eigenvalue weighted by Gasteiger charge is 2.45. The third kappa shape index (κ3) is 5.77. The van der Waals surface area contributed by atoms with E-state index in [1.807, 2.05) is 0 Å². The molecule has 134 valence electrons. The van der Waals surface area contributed by atoms with E-state index < -0.39 is 35.7 Å². The molecule has 0 saturated carbocycles. The molecule has 0 aliphatic carbocycles. The molecule has 1 aromatic carbocycles. The molecule has 0 aliphatic heterocycles. The van der Waals surface area contributed by atoms with Crippen LogP contribution in [0.15, 0.2) is 30.3 Å². The summed E-state index contributed by atoms with van der Waals surface area (Å²) in [5.74, 6) is -7.26. The first-order chi connectivity index (χ1) is 10.9. The summed E-state index contributed by atoms with van der Waals surface area (Å²) in [5.41, 5.74) is -0.366. The van der Waals surface area contributed by atoms with E-state index >= 15 is 0 Å². The topological polar surface area (TPSA) is 98.7 Å². The first-order valence-corrected chi connectivity index (χ1v) is 7.24. The molecule has 1 rings (SSSR count). The van der Waals surface area contributed by atoms with Crippen LogP contribution in [-0.2, 0) is 16.0 Å². The van der Waals surface area contributed by atoms with Crippen molar-refractivity contribution >= 4 is 12.1 Å². The molecular formula is C16H20F2NO5-. The van der Waals surface area contributed by atoms with Gasteiger partial charge in [0, 0.05) is 0 Å². The lowest BCUT2D eigenvalue weighted by Crippen LogP contribution is -2.59. The van der Waals surface area contributed by atoms with Gasteiger partial charge in [-0.25, -0.2) is 4.79 Å². The van der Waals surface area contributed by atoms with Crippen molar-refractivity contribution in [1.29, 1.82) is 0 Å². The molecule has 2 N–H and O–H groups in total. The Kier molecular flexibility index (Phi) is 6.25. The third-order valence-electron chi connectivity index (χ3n) is 3.03. The highest BCUT2D eigenvalue weighted by atomic mass is 19.3. The summed E-state index contributed by atoms with van der Waals surface area (Å²) in [6, 6.07) is 6.58. The molecule has 0 radical (unpaired) electrons. The minimum atomic E-state index is -4.53.